The van der Waals surface area contributed by atoms with Crippen molar-refractivity contribution in [3.63, 3.8) is 0 Å². The number of nitrogen functional groups attached to an aromatic ring is 2. The lowest BCUT2D eigenvalue weighted by Gasteiger charge is -2.26. The maximum absolute atomic E-state index is 14.8. The molecule has 0 aliphatic heterocycles. The van der Waals surface area contributed by atoms with Crippen molar-refractivity contribution in [2.75, 3.05) is 22.9 Å². The monoisotopic (exact) mass is 473 g/mol. The average Bonchev–Trinajstić information content (AvgIpc) is 2.81. The van der Waals surface area contributed by atoms with Crippen LogP contribution in [0.4, 0.5) is 32.3 Å². The molecule has 0 spiro atoms. The number of nitrogens with two attached hydrogens (primary N) is 2. The van der Waals surface area contributed by atoms with Crippen LogP contribution in [-0.4, -0.2) is 26.1 Å². The fourth-order valence-corrected chi connectivity index (χ4v) is 3.72. The molecule has 4 aromatic rings. The number of rotatable bonds is 4. The molecular weight excluding hydrogens is 456 g/mol. The van der Waals surface area contributed by atoms with Crippen LogP contribution in [0.5, 0.6) is 0 Å². The Morgan fingerprint density at radius 1 is 1.09 bits per heavy atom. The van der Waals surface area contributed by atoms with E-state index in [-0.39, 0.29) is 57.8 Å². The lowest BCUT2D eigenvalue weighted by Crippen LogP contribution is -2.31. The number of hydrogen-bond acceptors (Lipinski definition) is 9. The van der Waals surface area contributed by atoms with E-state index in [1.165, 1.54) is 17.0 Å². The summed E-state index contributed by atoms with van der Waals surface area (Å²) < 4.78 is 30.2. The van der Waals surface area contributed by atoms with Gasteiger partial charge in [0.15, 0.2) is 5.82 Å². The molecule has 0 amide bonds. The van der Waals surface area contributed by atoms with Crippen molar-refractivity contribution in [2.24, 2.45) is 0 Å². The second-order valence-electron chi connectivity index (χ2n) is 7.47. The summed E-state index contributed by atoms with van der Waals surface area (Å²) in [6.45, 7) is 3.42. The van der Waals surface area contributed by atoms with E-state index in [1.807, 2.05) is 12.1 Å². The minimum atomic E-state index is -0.854. The molecule has 12 heteroatoms. The zero-order chi connectivity index (χ0) is 25.4. The lowest BCUT2D eigenvalue weighted by molar-refractivity contribution is 0.625. The van der Waals surface area contributed by atoms with Gasteiger partial charge in [-0.1, -0.05) is 6.07 Å². The molecule has 0 atom stereocenters. The van der Waals surface area contributed by atoms with E-state index in [4.69, 9.17) is 11.5 Å². The Morgan fingerprint density at radius 3 is 2.49 bits per heavy atom. The van der Waals surface area contributed by atoms with Crippen molar-refractivity contribution in [1.29, 1.82) is 10.5 Å². The molecule has 0 saturated heterocycles. The lowest BCUT2D eigenvalue weighted by atomic mass is 10.1. The fraction of sp³-hybridized carbons (Fsp3) is 0.130. The van der Waals surface area contributed by atoms with Gasteiger partial charge in [-0.15, -0.1) is 0 Å². The van der Waals surface area contributed by atoms with Gasteiger partial charge in [-0.3, -0.25) is 9.69 Å². The molecule has 2 aromatic heterocycles. The van der Waals surface area contributed by atoms with Gasteiger partial charge in [0.25, 0.3) is 5.56 Å². The predicted molar refractivity (Wildman–Crippen MR) is 125 cm³/mol. The summed E-state index contributed by atoms with van der Waals surface area (Å²) >= 11 is 0. The third kappa shape index (κ3) is 3.83. The van der Waals surface area contributed by atoms with Gasteiger partial charge in [0.1, 0.15) is 34.5 Å². The minimum absolute atomic E-state index is 0.0500. The Morgan fingerprint density at radius 2 is 1.83 bits per heavy atom. The van der Waals surface area contributed by atoms with Crippen LogP contribution in [0.15, 0.2) is 35.1 Å². The van der Waals surface area contributed by atoms with Crippen molar-refractivity contribution in [3.05, 3.63) is 69.0 Å². The third-order valence-corrected chi connectivity index (χ3v) is 5.29. The summed E-state index contributed by atoms with van der Waals surface area (Å²) in [5.74, 6) is -2.21. The van der Waals surface area contributed by atoms with E-state index in [0.717, 1.165) is 22.8 Å². The van der Waals surface area contributed by atoms with Crippen LogP contribution < -0.4 is 21.9 Å². The van der Waals surface area contributed by atoms with Crippen molar-refractivity contribution in [1.82, 2.24) is 19.5 Å². The van der Waals surface area contributed by atoms with Crippen LogP contribution >= 0.6 is 0 Å². The van der Waals surface area contributed by atoms with E-state index in [0.29, 0.717) is 5.56 Å². The highest BCUT2D eigenvalue weighted by atomic mass is 19.1. The van der Waals surface area contributed by atoms with E-state index >= 15 is 0 Å². The first-order valence-corrected chi connectivity index (χ1v) is 10.2. The van der Waals surface area contributed by atoms with Crippen molar-refractivity contribution in [3.8, 4) is 17.8 Å². The van der Waals surface area contributed by atoms with Crippen molar-refractivity contribution >= 4 is 34.4 Å². The molecule has 4 N–H and O–H groups in total. The molecule has 0 saturated carbocycles. The first-order valence-electron chi connectivity index (χ1n) is 10.2. The van der Waals surface area contributed by atoms with Crippen LogP contribution in [0.2, 0.25) is 0 Å². The van der Waals surface area contributed by atoms with Gasteiger partial charge in [-0.05, 0) is 43.7 Å². The number of nitriles is 2. The topological polar surface area (TPSA) is 164 Å². The standard InChI is InChI=1S/C23H17F2N9O/c1-3-33(20-15(10-27)19(28)31-22(29)32-20)23-30-18-11(2)4-5-16(25)17(18)21(35)34(23)14-7-12(9-26)6-13(24)8-14/h4-8H,3H2,1-2H3,(H4,28,29,31,32). The van der Waals surface area contributed by atoms with Crippen LogP contribution in [0.25, 0.3) is 16.6 Å². The molecule has 174 valence electrons. The summed E-state index contributed by atoms with van der Waals surface area (Å²) in [5.41, 5.74) is 11.1. The second kappa shape index (κ2) is 8.68. The average molecular weight is 473 g/mol. The predicted octanol–water partition coefficient (Wildman–Crippen LogP) is 2.83. The smallest absolute Gasteiger partial charge is 0.270 e. The van der Waals surface area contributed by atoms with E-state index in [9.17, 15) is 24.1 Å². The number of aromatic nitrogens is 4. The van der Waals surface area contributed by atoms with Gasteiger partial charge in [-0.25, -0.2) is 18.3 Å². The van der Waals surface area contributed by atoms with Crippen LogP contribution in [0.3, 0.4) is 0 Å². The molecule has 0 radical (unpaired) electrons. The molecule has 0 unspecified atom stereocenters. The van der Waals surface area contributed by atoms with E-state index < -0.39 is 17.2 Å². The molecule has 2 aromatic carbocycles. The first-order chi connectivity index (χ1) is 16.7. The molecule has 0 fully saturated rings. The zero-order valence-corrected chi connectivity index (χ0v) is 18.5. The van der Waals surface area contributed by atoms with Gasteiger partial charge in [-0.2, -0.15) is 20.5 Å². The van der Waals surface area contributed by atoms with Crippen LogP contribution in [-0.2, 0) is 0 Å². The van der Waals surface area contributed by atoms with Crippen molar-refractivity contribution < 1.29 is 8.78 Å². The molecular formula is C23H17F2N9O. The first kappa shape index (κ1) is 23.1. The Kier molecular flexibility index (Phi) is 5.72. The van der Waals surface area contributed by atoms with Gasteiger partial charge in [0.2, 0.25) is 11.9 Å². The Labute approximate surface area is 197 Å². The Bertz CT molecular complexity index is 1650. The van der Waals surface area contributed by atoms with Crippen molar-refractivity contribution in [2.45, 2.75) is 13.8 Å². The number of fused-ring (bicyclic) bond motifs is 1. The molecule has 4 rings (SSSR count). The number of nitrogens with zero attached hydrogens (tertiary/aromatic N) is 7. The quantitative estimate of drug-likeness (QED) is 0.453. The summed E-state index contributed by atoms with van der Waals surface area (Å²) in [7, 11) is 0. The number of anilines is 4. The normalized spacial score (nSPS) is 10.7. The summed E-state index contributed by atoms with van der Waals surface area (Å²) in [4.78, 5) is 27.5. The highest BCUT2D eigenvalue weighted by Gasteiger charge is 2.26. The molecule has 0 bridgehead atoms. The fourth-order valence-electron chi connectivity index (χ4n) is 3.72. The molecule has 0 aliphatic carbocycles. The number of aryl methyl sites for hydroxylation is 1. The summed E-state index contributed by atoms with van der Waals surface area (Å²) in [6.07, 6.45) is 0. The summed E-state index contributed by atoms with van der Waals surface area (Å²) in [6, 6.07) is 9.59. The third-order valence-electron chi connectivity index (χ3n) is 5.29. The van der Waals surface area contributed by atoms with Gasteiger partial charge >= 0.3 is 0 Å². The van der Waals surface area contributed by atoms with Gasteiger partial charge in [0.05, 0.1) is 22.8 Å². The molecule has 10 nitrogen and oxygen atoms in total. The molecule has 35 heavy (non-hydrogen) atoms. The van der Waals surface area contributed by atoms with E-state index in [1.54, 1.807) is 13.8 Å². The maximum Gasteiger partial charge on any atom is 0.270 e. The van der Waals surface area contributed by atoms with Crippen LogP contribution in [0, 0.1) is 41.2 Å². The van der Waals surface area contributed by atoms with Gasteiger partial charge in [0, 0.05) is 6.54 Å². The highest BCUT2D eigenvalue weighted by molar-refractivity contribution is 5.84. The maximum atomic E-state index is 14.8. The second-order valence-corrected chi connectivity index (χ2v) is 7.47. The molecule has 0 aliphatic rings. The van der Waals surface area contributed by atoms with Crippen LogP contribution in [0.1, 0.15) is 23.6 Å². The number of halogens is 2. The Balaban J connectivity index is 2.20. The largest absolute Gasteiger partial charge is 0.382 e. The number of hydrogen-bond donors (Lipinski definition) is 2. The summed E-state index contributed by atoms with van der Waals surface area (Å²) in [5, 5.41) is 18.7. The molecule has 2 heterocycles. The number of benzene rings is 2. The zero-order valence-electron chi connectivity index (χ0n) is 18.5. The Hall–Kier alpha value is -5.10. The van der Waals surface area contributed by atoms with E-state index in [2.05, 4.69) is 15.0 Å². The SMILES string of the molecule is CCN(c1nc(N)nc(N)c1C#N)c1nc2c(C)ccc(F)c2c(=O)n1-c1cc(F)cc(C#N)c1. The minimum Gasteiger partial charge on any atom is -0.382 e. The highest BCUT2D eigenvalue weighted by Crippen LogP contribution is 2.31. The van der Waals surface area contributed by atoms with Gasteiger partial charge < -0.3 is 11.5 Å².